The third-order valence-electron chi connectivity index (χ3n) is 1.10. The van der Waals surface area contributed by atoms with Gasteiger partial charge < -0.3 is 16.7 Å². The van der Waals surface area contributed by atoms with E-state index in [1.165, 1.54) is 11.4 Å². The molecule has 1 aromatic rings. The molecule has 1 aromatic heterocycles. The molecule has 0 saturated heterocycles. The van der Waals surface area contributed by atoms with Crippen molar-refractivity contribution in [2.45, 2.75) is 0 Å². The standard InChI is InChI=1S/C5H6N4OS/c6-4-1-3(2-11)8-5(7)9(4)10/h1-2H,6H2,(H2,7,8). The summed E-state index contributed by atoms with van der Waals surface area (Å²) in [7, 11) is 0. The van der Waals surface area contributed by atoms with E-state index in [1.807, 2.05) is 0 Å². The van der Waals surface area contributed by atoms with E-state index in [0.29, 0.717) is 10.4 Å². The summed E-state index contributed by atoms with van der Waals surface area (Å²) in [5.74, 6) is -0.199. The minimum atomic E-state index is -0.193. The molecule has 0 atom stereocenters. The third-order valence-corrected chi connectivity index (χ3v) is 1.34. The van der Waals surface area contributed by atoms with Crippen LogP contribution in [-0.2, 0) is 0 Å². The Kier molecular flexibility index (Phi) is 1.86. The van der Waals surface area contributed by atoms with Crippen LogP contribution >= 0.6 is 12.2 Å². The van der Waals surface area contributed by atoms with Gasteiger partial charge in [0.1, 0.15) is 5.69 Å². The quantitative estimate of drug-likeness (QED) is 0.328. The van der Waals surface area contributed by atoms with Crippen LogP contribution in [0, 0.1) is 5.21 Å². The molecule has 0 spiro atoms. The number of nitrogens with two attached hydrogens (primary N) is 2. The van der Waals surface area contributed by atoms with Gasteiger partial charge in [0.15, 0.2) is 5.82 Å². The van der Waals surface area contributed by atoms with Gasteiger partial charge in [0.2, 0.25) is 0 Å². The number of rotatable bonds is 1. The second kappa shape index (κ2) is 2.67. The Morgan fingerprint density at radius 2 is 2.27 bits per heavy atom. The molecule has 0 fully saturated rings. The van der Waals surface area contributed by atoms with Crippen molar-refractivity contribution in [3.63, 3.8) is 0 Å². The topological polar surface area (TPSA) is 91.9 Å². The van der Waals surface area contributed by atoms with E-state index in [1.54, 1.807) is 0 Å². The number of nitrogens with zero attached hydrogens (tertiary/aromatic N) is 2. The summed E-state index contributed by atoms with van der Waals surface area (Å²) >= 11 is 4.57. The Morgan fingerprint density at radius 1 is 1.64 bits per heavy atom. The predicted molar refractivity (Wildman–Crippen MR) is 44.8 cm³/mol. The van der Waals surface area contributed by atoms with Crippen LogP contribution in [0.3, 0.4) is 0 Å². The normalized spacial score (nSPS) is 9.45. The highest BCUT2D eigenvalue weighted by atomic mass is 32.1. The fourth-order valence-electron chi connectivity index (χ4n) is 0.613. The van der Waals surface area contributed by atoms with Crippen molar-refractivity contribution in [3.8, 4) is 0 Å². The maximum absolute atomic E-state index is 10.8. The van der Waals surface area contributed by atoms with Crippen LogP contribution < -0.4 is 16.2 Å². The molecule has 11 heavy (non-hydrogen) atoms. The molecule has 0 aliphatic rings. The summed E-state index contributed by atoms with van der Waals surface area (Å²) < 4.78 is 0.336. The van der Waals surface area contributed by atoms with Gasteiger partial charge in [0, 0.05) is 11.4 Å². The van der Waals surface area contributed by atoms with Crippen LogP contribution in [-0.4, -0.2) is 10.4 Å². The number of anilines is 2. The first-order chi connectivity index (χ1) is 5.15. The van der Waals surface area contributed by atoms with E-state index in [4.69, 9.17) is 11.5 Å². The van der Waals surface area contributed by atoms with Gasteiger partial charge in [-0.1, -0.05) is 12.2 Å². The molecule has 0 aliphatic carbocycles. The summed E-state index contributed by atoms with van der Waals surface area (Å²) in [4.78, 5) is 3.64. The molecule has 0 aliphatic heterocycles. The molecule has 58 valence electrons. The largest absolute Gasteiger partial charge is 0.754 e. The zero-order valence-corrected chi connectivity index (χ0v) is 6.34. The van der Waals surface area contributed by atoms with Crippen molar-refractivity contribution >= 4 is 29.4 Å². The van der Waals surface area contributed by atoms with Crippen molar-refractivity contribution in [1.29, 1.82) is 0 Å². The van der Waals surface area contributed by atoms with Crippen LogP contribution in [0.2, 0.25) is 0 Å². The first kappa shape index (κ1) is 7.67. The summed E-state index contributed by atoms with van der Waals surface area (Å²) in [5, 5.41) is 12.1. The summed E-state index contributed by atoms with van der Waals surface area (Å²) in [5.41, 5.74) is 10.9. The Labute approximate surface area is 68.2 Å². The van der Waals surface area contributed by atoms with Crippen LogP contribution in [0.25, 0.3) is 0 Å². The smallest absolute Gasteiger partial charge is 0.344 e. The summed E-state index contributed by atoms with van der Waals surface area (Å²) in [6.45, 7) is 0. The van der Waals surface area contributed by atoms with Crippen molar-refractivity contribution in [1.82, 2.24) is 4.98 Å². The maximum Gasteiger partial charge on any atom is 0.344 e. The molecule has 1 rings (SSSR count). The van der Waals surface area contributed by atoms with Gasteiger partial charge in [-0.15, -0.1) is 4.98 Å². The fraction of sp³-hybridized carbons (Fsp3) is 0. The Bertz CT molecular complexity index is 278. The number of aromatic nitrogens is 2. The SMILES string of the molecule is Nc1cc(C=S)nc(N)[n+]1[O-]. The predicted octanol–water partition coefficient (Wildman–Crippen LogP) is -0.773. The fourth-order valence-corrected chi connectivity index (χ4v) is 0.733. The highest BCUT2D eigenvalue weighted by Crippen LogP contribution is 1.98. The first-order valence-electron chi connectivity index (χ1n) is 2.76. The lowest BCUT2D eigenvalue weighted by Crippen LogP contribution is -2.35. The maximum atomic E-state index is 10.8. The number of nitrogen functional groups attached to an aromatic ring is 2. The minimum Gasteiger partial charge on any atom is -0.754 e. The Morgan fingerprint density at radius 3 is 2.73 bits per heavy atom. The minimum absolute atomic E-state index is 0.00593. The Balaban J connectivity index is 3.31. The molecule has 6 heteroatoms. The van der Waals surface area contributed by atoms with E-state index >= 15 is 0 Å². The molecular weight excluding hydrogens is 164 g/mol. The number of hydrogen-bond donors (Lipinski definition) is 2. The lowest BCUT2D eigenvalue weighted by molar-refractivity contribution is -0.577. The van der Waals surface area contributed by atoms with E-state index in [9.17, 15) is 5.21 Å². The third kappa shape index (κ3) is 1.35. The molecule has 0 amide bonds. The molecule has 5 nitrogen and oxygen atoms in total. The van der Waals surface area contributed by atoms with E-state index < -0.39 is 0 Å². The van der Waals surface area contributed by atoms with Crippen molar-refractivity contribution < 1.29 is 4.73 Å². The van der Waals surface area contributed by atoms with Crippen molar-refractivity contribution in [3.05, 3.63) is 17.0 Å². The Hall–Kier alpha value is -1.43. The van der Waals surface area contributed by atoms with Crippen LogP contribution in [0.15, 0.2) is 6.07 Å². The van der Waals surface area contributed by atoms with Gasteiger partial charge in [0.25, 0.3) is 0 Å². The van der Waals surface area contributed by atoms with Gasteiger partial charge in [-0.25, -0.2) is 4.73 Å². The van der Waals surface area contributed by atoms with Crippen LogP contribution in [0.1, 0.15) is 5.69 Å². The van der Waals surface area contributed by atoms with Gasteiger partial charge in [-0.2, -0.15) is 0 Å². The van der Waals surface area contributed by atoms with Gasteiger partial charge in [-0.05, 0) is 0 Å². The van der Waals surface area contributed by atoms with E-state index in [0.717, 1.165) is 0 Å². The van der Waals surface area contributed by atoms with Crippen molar-refractivity contribution in [2.24, 2.45) is 0 Å². The number of thiocarbonyl (C=S) groups is 1. The molecule has 0 aromatic carbocycles. The highest BCUT2D eigenvalue weighted by molar-refractivity contribution is 7.79. The highest BCUT2D eigenvalue weighted by Gasteiger charge is 2.04. The molecular formula is C5H6N4OS. The lowest BCUT2D eigenvalue weighted by Gasteiger charge is -2.08. The summed E-state index contributed by atoms with van der Waals surface area (Å²) in [6.07, 6.45) is 0. The zero-order chi connectivity index (χ0) is 8.43. The monoisotopic (exact) mass is 170 g/mol. The van der Waals surface area contributed by atoms with Gasteiger partial charge in [-0.3, -0.25) is 0 Å². The summed E-state index contributed by atoms with van der Waals surface area (Å²) in [6, 6.07) is 1.36. The lowest BCUT2D eigenvalue weighted by atomic mass is 10.4. The second-order valence-electron chi connectivity index (χ2n) is 1.88. The molecule has 0 saturated carbocycles. The molecule has 1 heterocycles. The van der Waals surface area contributed by atoms with E-state index in [2.05, 4.69) is 17.2 Å². The van der Waals surface area contributed by atoms with Crippen LogP contribution in [0.5, 0.6) is 0 Å². The molecule has 0 bridgehead atoms. The zero-order valence-electron chi connectivity index (χ0n) is 5.52. The van der Waals surface area contributed by atoms with E-state index in [-0.39, 0.29) is 11.8 Å². The molecule has 0 radical (unpaired) electrons. The van der Waals surface area contributed by atoms with Crippen LogP contribution in [0.4, 0.5) is 11.8 Å². The second-order valence-corrected chi connectivity index (χ2v) is 2.11. The van der Waals surface area contributed by atoms with Gasteiger partial charge >= 0.3 is 5.95 Å². The first-order valence-corrected chi connectivity index (χ1v) is 3.23. The van der Waals surface area contributed by atoms with Gasteiger partial charge in [0.05, 0.1) is 0 Å². The average Bonchev–Trinajstić information content (AvgIpc) is 1.99. The molecule has 4 N–H and O–H groups in total. The van der Waals surface area contributed by atoms with Crippen molar-refractivity contribution in [2.75, 3.05) is 11.5 Å². The number of hydrogen-bond acceptors (Lipinski definition) is 5. The average molecular weight is 170 g/mol. The molecule has 0 unspecified atom stereocenters.